The first-order valence-corrected chi connectivity index (χ1v) is 6.91. The van der Waals surface area contributed by atoms with E-state index in [0.717, 1.165) is 17.7 Å². The Hall–Kier alpha value is -1.58. The number of ether oxygens (including phenoxy) is 1. The van der Waals surface area contributed by atoms with Crippen LogP contribution in [0, 0.1) is 12.7 Å². The van der Waals surface area contributed by atoms with Crippen molar-refractivity contribution in [3.05, 3.63) is 58.4 Å². The Morgan fingerprint density at radius 1 is 1.15 bits per heavy atom. The van der Waals surface area contributed by atoms with Gasteiger partial charge in [-0.05, 0) is 54.9 Å². The summed E-state index contributed by atoms with van der Waals surface area (Å²) in [5.74, 6) is 0.457. The fourth-order valence-electron chi connectivity index (χ4n) is 1.85. The number of hydrogen-bond acceptors (Lipinski definition) is 2. The van der Waals surface area contributed by atoms with Crippen molar-refractivity contribution in [2.24, 2.45) is 0 Å². The fourth-order valence-corrected chi connectivity index (χ4v) is 2.08. The molecule has 0 radical (unpaired) electrons. The number of hydrogen-bond donors (Lipinski definition) is 1. The summed E-state index contributed by atoms with van der Waals surface area (Å²) in [7, 11) is 0. The third kappa shape index (κ3) is 3.71. The largest absolute Gasteiger partial charge is 0.454 e. The lowest BCUT2D eigenvalue weighted by Crippen LogP contribution is -2.11. The zero-order valence-electron chi connectivity index (χ0n) is 11.5. The minimum Gasteiger partial charge on any atom is -0.454 e. The lowest BCUT2D eigenvalue weighted by molar-refractivity contribution is 0.439. The van der Waals surface area contributed by atoms with E-state index in [2.05, 4.69) is 5.32 Å². The van der Waals surface area contributed by atoms with Crippen molar-refractivity contribution in [2.45, 2.75) is 20.4 Å². The minimum absolute atomic E-state index is 0.218. The predicted octanol–water partition coefficient (Wildman–Crippen LogP) is 4.69. The van der Waals surface area contributed by atoms with Crippen LogP contribution in [0.2, 0.25) is 5.02 Å². The second-order valence-corrected chi connectivity index (χ2v) is 4.99. The Morgan fingerprint density at radius 2 is 1.90 bits per heavy atom. The van der Waals surface area contributed by atoms with Gasteiger partial charge in [0.1, 0.15) is 5.75 Å². The van der Waals surface area contributed by atoms with Gasteiger partial charge >= 0.3 is 0 Å². The number of aryl methyl sites for hydroxylation is 1. The molecule has 2 nitrogen and oxygen atoms in total. The van der Waals surface area contributed by atoms with Crippen LogP contribution in [0.5, 0.6) is 11.5 Å². The van der Waals surface area contributed by atoms with Gasteiger partial charge in [0.05, 0.1) is 0 Å². The van der Waals surface area contributed by atoms with Crippen molar-refractivity contribution >= 4 is 11.6 Å². The van der Waals surface area contributed by atoms with E-state index in [1.807, 2.05) is 19.9 Å². The normalized spacial score (nSPS) is 10.6. The van der Waals surface area contributed by atoms with Crippen LogP contribution >= 0.6 is 11.6 Å². The van der Waals surface area contributed by atoms with Crippen LogP contribution in [-0.2, 0) is 6.54 Å². The number of nitrogens with one attached hydrogen (secondary N) is 1. The molecule has 2 aromatic carbocycles. The maximum absolute atomic E-state index is 14.0. The Morgan fingerprint density at radius 3 is 2.55 bits per heavy atom. The van der Waals surface area contributed by atoms with Crippen molar-refractivity contribution in [1.29, 1.82) is 0 Å². The summed E-state index contributed by atoms with van der Waals surface area (Å²) >= 11 is 5.88. The molecule has 0 aliphatic heterocycles. The van der Waals surface area contributed by atoms with E-state index in [4.69, 9.17) is 16.3 Å². The fraction of sp³-hybridized carbons (Fsp3) is 0.250. The molecule has 0 saturated heterocycles. The van der Waals surface area contributed by atoms with Crippen molar-refractivity contribution in [2.75, 3.05) is 6.54 Å². The molecule has 0 fully saturated rings. The van der Waals surface area contributed by atoms with Crippen LogP contribution in [0.4, 0.5) is 4.39 Å². The highest BCUT2D eigenvalue weighted by atomic mass is 35.5. The molecule has 0 aliphatic rings. The molecule has 0 heterocycles. The molecule has 20 heavy (non-hydrogen) atoms. The number of halogens is 2. The molecule has 1 N–H and O–H groups in total. The van der Waals surface area contributed by atoms with Crippen LogP contribution in [-0.4, -0.2) is 6.54 Å². The van der Waals surface area contributed by atoms with Gasteiger partial charge in [0.2, 0.25) is 0 Å². The molecule has 4 heteroatoms. The van der Waals surface area contributed by atoms with Gasteiger partial charge in [0, 0.05) is 11.6 Å². The lowest BCUT2D eigenvalue weighted by atomic mass is 10.2. The van der Waals surface area contributed by atoms with Crippen LogP contribution in [0.25, 0.3) is 0 Å². The van der Waals surface area contributed by atoms with Crippen LogP contribution in [0.3, 0.4) is 0 Å². The highest BCUT2D eigenvalue weighted by Gasteiger charge is 2.08. The summed E-state index contributed by atoms with van der Waals surface area (Å²) < 4.78 is 19.6. The average Bonchev–Trinajstić information content (AvgIpc) is 2.42. The Bertz CT molecular complexity index is 601. The van der Waals surface area contributed by atoms with Gasteiger partial charge in [-0.25, -0.2) is 4.39 Å². The Kier molecular flexibility index (Phi) is 4.99. The maximum atomic E-state index is 14.0. The molecular formula is C16H17ClFNO. The van der Waals surface area contributed by atoms with Crippen molar-refractivity contribution < 1.29 is 9.13 Å². The highest BCUT2D eigenvalue weighted by Crippen LogP contribution is 2.29. The van der Waals surface area contributed by atoms with Gasteiger partial charge in [-0.3, -0.25) is 0 Å². The molecule has 106 valence electrons. The molecule has 2 aromatic rings. The first-order valence-electron chi connectivity index (χ1n) is 6.53. The zero-order valence-corrected chi connectivity index (χ0v) is 12.3. The molecule has 0 unspecified atom stereocenters. The van der Waals surface area contributed by atoms with Gasteiger partial charge < -0.3 is 10.1 Å². The summed E-state index contributed by atoms with van der Waals surface area (Å²) in [6.45, 7) is 5.38. The third-order valence-electron chi connectivity index (χ3n) is 2.93. The first kappa shape index (κ1) is 14.8. The van der Waals surface area contributed by atoms with E-state index in [1.54, 1.807) is 24.3 Å². The second kappa shape index (κ2) is 6.73. The van der Waals surface area contributed by atoms with Crippen molar-refractivity contribution in [3.8, 4) is 11.5 Å². The highest BCUT2D eigenvalue weighted by molar-refractivity contribution is 6.30. The van der Waals surface area contributed by atoms with E-state index in [9.17, 15) is 4.39 Å². The van der Waals surface area contributed by atoms with Crippen LogP contribution in [0.1, 0.15) is 18.1 Å². The predicted molar refractivity (Wildman–Crippen MR) is 80.0 cm³/mol. The second-order valence-electron chi connectivity index (χ2n) is 4.56. The van der Waals surface area contributed by atoms with E-state index < -0.39 is 0 Å². The van der Waals surface area contributed by atoms with Crippen LogP contribution in [0.15, 0.2) is 36.4 Å². The van der Waals surface area contributed by atoms with Gasteiger partial charge in [0.15, 0.2) is 11.6 Å². The quantitative estimate of drug-likeness (QED) is 0.863. The van der Waals surface area contributed by atoms with Gasteiger partial charge in [-0.15, -0.1) is 0 Å². The van der Waals surface area contributed by atoms with Gasteiger partial charge in [-0.2, -0.15) is 0 Å². The maximum Gasteiger partial charge on any atom is 0.166 e. The third-order valence-corrected chi connectivity index (χ3v) is 3.17. The van der Waals surface area contributed by atoms with Crippen molar-refractivity contribution in [3.63, 3.8) is 0 Å². The number of benzene rings is 2. The minimum atomic E-state index is -0.366. The Balaban J connectivity index is 2.17. The molecular weight excluding hydrogens is 277 g/mol. The molecule has 0 aliphatic carbocycles. The molecule has 0 atom stereocenters. The molecule has 0 amide bonds. The Labute approximate surface area is 123 Å². The zero-order chi connectivity index (χ0) is 14.5. The molecule has 0 spiro atoms. The van der Waals surface area contributed by atoms with E-state index in [-0.39, 0.29) is 11.6 Å². The topological polar surface area (TPSA) is 21.3 Å². The van der Waals surface area contributed by atoms with Crippen LogP contribution < -0.4 is 10.1 Å². The van der Waals surface area contributed by atoms with E-state index in [0.29, 0.717) is 17.3 Å². The monoisotopic (exact) mass is 293 g/mol. The average molecular weight is 294 g/mol. The summed E-state index contributed by atoms with van der Waals surface area (Å²) in [5.41, 5.74) is 1.76. The lowest BCUT2D eigenvalue weighted by Gasteiger charge is -2.11. The van der Waals surface area contributed by atoms with Crippen molar-refractivity contribution in [1.82, 2.24) is 5.32 Å². The standard InChI is InChI=1S/C16H17ClFNO/c1-3-19-10-12-4-6-16(14(18)9-12)20-15-7-5-13(17)8-11(15)2/h4-9,19H,3,10H2,1-2H3. The molecule has 2 rings (SSSR count). The molecule has 0 aromatic heterocycles. The summed E-state index contributed by atoms with van der Waals surface area (Å²) in [5, 5.41) is 3.79. The summed E-state index contributed by atoms with van der Waals surface area (Å²) in [6.07, 6.45) is 0. The smallest absolute Gasteiger partial charge is 0.166 e. The van der Waals surface area contributed by atoms with E-state index in [1.165, 1.54) is 6.07 Å². The van der Waals surface area contributed by atoms with Gasteiger partial charge in [0.25, 0.3) is 0 Å². The summed E-state index contributed by atoms with van der Waals surface area (Å²) in [6, 6.07) is 10.2. The molecule has 0 saturated carbocycles. The SMILES string of the molecule is CCNCc1ccc(Oc2ccc(Cl)cc2C)c(F)c1. The molecule has 0 bridgehead atoms. The van der Waals surface area contributed by atoms with E-state index >= 15 is 0 Å². The van der Waals surface area contributed by atoms with Gasteiger partial charge in [-0.1, -0.05) is 24.6 Å². The number of rotatable bonds is 5. The first-order chi connectivity index (χ1) is 9.60. The summed E-state index contributed by atoms with van der Waals surface area (Å²) in [4.78, 5) is 0.